The van der Waals surface area contributed by atoms with Crippen LogP contribution in [0.25, 0.3) is 0 Å². The van der Waals surface area contributed by atoms with E-state index in [2.05, 4.69) is 37.5 Å². The Bertz CT molecular complexity index is 488. The largest absolute Gasteiger partial charge is 0.0951 e. The first kappa shape index (κ1) is 20.2. The van der Waals surface area contributed by atoms with Gasteiger partial charge < -0.3 is 0 Å². The zero-order valence-corrected chi connectivity index (χ0v) is 16.7. The van der Waals surface area contributed by atoms with Gasteiger partial charge in [0.25, 0.3) is 0 Å². The van der Waals surface area contributed by atoms with Crippen LogP contribution in [-0.2, 0) is 0 Å². The van der Waals surface area contributed by atoms with Crippen molar-refractivity contribution in [3.63, 3.8) is 0 Å². The molecule has 0 aliphatic heterocycles. The van der Waals surface area contributed by atoms with Gasteiger partial charge in [0.05, 0.1) is 0 Å². The van der Waals surface area contributed by atoms with E-state index in [-0.39, 0.29) is 0 Å². The average molecular weight is 339 g/mol. The highest BCUT2D eigenvalue weighted by Crippen LogP contribution is 2.32. The summed E-state index contributed by atoms with van der Waals surface area (Å²) >= 11 is 0. The molecule has 0 amide bonds. The van der Waals surface area contributed by atoms with Crippen molar-refractivity contribution >= 4 is 0 Å². The van der Waals surface area contributed by atoms with Crippen LogP contribution in [0.2, 0.25) is 0 Å². The SMILES string of the molecule is CCCCC1CCC(C#C/C=C/C#CC2CCC(CCC)CC2)CC1. The molecule has 2 fully saturated rings. The fourth-order valence-corrected chi connectivity index (χ4v) is 4.51. The lowest BCUT2D eigenvalue weighted by Crippen LogP contribution is -2.13. The minimum atomic E-state index is 0.629. The zero-order valence-electron chi connectivity index (χ0n) is 16.7. The summed E-state index contributed by atoms with van der Waals surface area (Å²) in [6.45, 7) is 4.60. The molecule has 138 valence electrons. The van der Waals surface area contributed by atoms with E-state index < -0.39 is 0 Å². The maximum absolute atomic E-state index is 3.45. The fraction of sp³-hybridized carbons (Fsp3) is 0.760. The number of hydrogen-bond donors (Lipinski definition) is 0. The van der Waals surface area contributed by atoms with Crippen molar-refractivity contribution in [1.29, 1.82) is 0 Å². The second-order valence-corrected chi connectivity index (χ2v) is 8.28. The number of hydrogen-bond acceptors (Lipinski definition) is 0. The van der Waals surface area contributed by atoms with Gasteiger partial charge in [-0.25, -0.2) is 0 Å². The maximum Gasteiger partial charge on any atom is 0.0206 e. The van der Waals surface area contributed by atoms with E-state index in [0.717, 1.165) is 11.8 Å². The lowest BCUT2D eigenvalue weighted by atomic mass is 9.80. The van der Waals surface area contributed by atoms with Crippen LogP contribution in [-0.4, -0.2) is 0 Å². The van der Waals surface area contributed by atoms with Crippen molar-refractivity contribution in [2.75, 3.05) is 0 Å². The molecule has 2 saturated carbocycles. The highest BCUT2D eigenvalue weighted by Gasteiger charge is 2.19. The molecule has 0 heterocycles. The van der Waals surface area contributed by atoms with Crippen LogP contribution in [0, 0.1) is 47.4 Å². The summed E-state index contributed by atoms with van der Waals surface area (Å²) < 4.78 is 0. The molecule has 0 bridgehead atoms. The molecule has 0 atom stereocenters. The van der Waals surface area contributed by atoms with Gasteiger partial charge >= 0.3 is 0 Å². The Kier molecular flexibility index (Phi) is 9.89. The van der Waals surface area contributed by atoms with Crippen LogP contribution in [0.1, 0.15) is 97.3 Å². The molecule has 0 aromatic rings. The molecule has 0 nitrogen and oxygen atoms in total. The topological polar surface area (TPSA) is 0 Å². The molecular formula is C25H38. The molecule has 2 rings (SSSR count). The van der Waals surface area contributed by atoms with Gasteiger partial charge in [-0.15, -0.1) is 0 Å². The third kappa shape index (κ3) is 8.19. The van der Waals surface area contributed by atoms with E-state index in [9.17, 15) is 0 Å². The lowest BCUT2D eigenvalue weighted by molar-refractivity contribution is 0.296. The summed E-state index contributed by atoms with van der Waals surface area (Å²) in [5.41, 5.74) is 0. The van der Waals surface area contributed by atoms with Crippen LogP contribution in [0.5, 0.6) is 0 Å². The molecule has 0 heteroatoms. The zero-order chi connectivity index (χ0) is 17.7. The first-order chi connectivity index (χ1) is 12.3. The maximum atomic E-state index is 3.45. The van der Waals surface area contributed by atoms with Gasteiger partial charge in [-0.2, -0.15) is 0 Å². The van der Waals surface area contributed by atoms with Gasteiger partial charge in [0.2, 0.25) is 0 Å². The van der Waals surface area contributed by atoms with Gasteiger partial charge in [-0.1, -0.05) is 69.6 Å². The monoisotopic (exact) mass is 338 g/mol. The molecule has 0 aromatic carbocycles. The number of unbranched alkanes of at least 4 members (excludes halogenated alkanes) is 1. The first-order valence-corrected chi connectivity index (χ1v) is 11.0. The van der Waals surface area contributed by atoms with Crippen LogP contribution < -0.4 is 0 Å². The van der Waals surface area contributed by atoms with E-state index >= 15 is 0 Å². The van der Waals surface area contributed by atoms with Gasteiger partial charge in [-0.05, 0) is 75.4 Å². The minimum Gasteiger partial charge on any atom is -0.0951 e. The number of rotatable bonds is 5. The Labute approximate surface area is 157 Å². The predicted octanol–water partition coefficient (Wildman–Crippen LogP) is 7.15. The Hall–Kier alpha value is -1.14. The van der Waals surface area contributed by atoms with E-state index in [1.54, 1.807) is 0 Å². The summed E-state index contributed by atoms with van der Waals surface area (Å²) in [5.74, 6) is 16.6. The summed E-state index contributed by atoms with van der Waals surface area (Å²) in [6.07, 6.45) is 21.7. The highest BCUT2D eigenvalue weighted by atomic mass is 14.2. The predicted molar refractivity (Wildman–Crippen MR) is 110 cm³/mol. The highest BCUT2D eigenvalue weighted by molar-refractivity contribution is 5.26. The molecule has 2 aliphatic rings. The van der Waals surface area contributed by atoms with Crippen molar-refractivity contribution in [3.8, 4) is 23.7 Å². The first-order valence-electron chi connectivity index (χ1n) is 11.0. The molecule has 0 spiro atoms. The molecule has 0 N–H and O–H groups in total. The standard InChI is InChI=1S/C25H38/c1-3-5-11-23-18-20-25(21-19-23)13-9-7-6-8-12-24-16-14-22(10-4-2)15-17-24/h6-7,22-25H,3-5,10-11,14-21H2,1-2H3/b7-6+. The smallest absolute Gasteiger partial charge is 0.0206 e. The second kappa shape index (κ2) is 12.3. The van der Waals surface area contributed by atoms with E-state index in [0.29, 0.717) is 11.8 Å². The molecule has 0 aromatic heterocycles. The Morgan fingerprint density at radius 2 is 1.12 bits per heavy atom. The molecular weight excluding hydrogens is 300 g/mol. The van der Waals surface area contributed by atoms with Crippen molar-refractivity contribution in [3.05, 3.63) is 12.2 Å². The van der Waals surface area contributed by atoms with Gasteiger partial charge in [0.15, 0.2) is 0 Å². The van der Waals surface area contributed by atoms with Crippen LogP contribution in [0.3, 0.4) is 0 Å². The van der Waals surface area contributed by atoms with Gasteiger partial charge in [0.1, 0.15) is 0 Å². The third-order valence-corrected chi connectivity index (χ3v) is 6.18. The molecule has 25 heavy (non-hydrogen) atoms. The van der Waals surface area contributed by atoms with Gasteiger partial charge in [-0.3, -0.25) is 0 Å². The summed E-state index contributed by atoms with van der Waals surface area (Å²) in [4.78, 5) is 0. The summed E-state index contributed by atoms with van der Waals surface area (Å²) in [7, 11) is 0. The van der Waals surface area contributed by atoms with Gasteiger partial charge in [0, 0.05) is 11.8 Å². The molecule has 2 aliphatic carbocycles. The number of allylic oxidation sites excluding steroid dienone is 2. The second-order valence-electron chi connectivity index (χ2n) is 8.28. The lowest BCUT2D eigenvalue weighted by Gasteiger charge is -2.25. The van der Waals surface area contributed by atoms with E-state index in [1.165, 1.54) is 83.5 Å². The Balaban J connectivity index is 1.62. The molecule has 0 saturated heterocycles. The normalized spacial score (nSPS) is 29.5. The van der Waals surface area contributed by atoms with Crippen molar-refractivity contribution < 1.29 is 0 Å². The fourth-order valence-electron chi connectivity index (χ4n) is 4.51. The quantitative estimate of drug-likeness (QED) is 0.467. The summed E-state index contributed by atoms with van der Waals surface area (Å²) in [5, 5.41) is 0. The Morgan fingerprint density at radius 1 is 0.640 bits per heavy atom. The molecule has 0 unspecified atom stereocenters. The van der Waals surface area contributed by atoms with Crippen LogP contribution in [0.15, 0.2) is 12.2 Å². The van der Waals surface area contributed by atoms with Crippen molar-refractivity contribution in [2.24, 2.45) is 23.7 Å². The minimum absolute atomic E-state index is 0.629. The average Bonchev–Trinajstić information content (AvgIpc) is 2.65. The summed E-state index contributed by atoms with van der Waals surface area (Å²) in [6, 6.07) is 0. The van der Waals surface area contributed by atoms with E-state index in [4.69, 9.17) is 0 Å². The van der Waals surface area contributed by atoms with E-state index in [1.807, 2.05) is 12.2 Å². The van der Waals surface area contributed by atoms with Crippen molar-refractivity contribution in [1.82, 2.24) is 0 Å². The Morgan fingerprint density at radius 3 is 1.56 bits per heavy atom. The molecule has 0 radical (unpaired) electrons. The third-order valence-electron chi connectivity index (χ3n) is 6.18. The van der Waals surface area contributed by atoms with Crippen molar-refractivity contribution in [2.45, 2.75) is 97.3 Å². The van der Waals surface area contributed by atoms with Crippen LogP contribution >= 0.6 is 0 Å². The van der Waals surface area contributed by atoms with Crippen LogP contribution in [0.4, 0.5) is 0 Å².